The highest BCUT2D eigenvalue weighted by molar-refractivity contribution is 4.78. The molecule has 0 radical (unpaired) electrons. The minimum atomic E-state index is 0.177. The van der Waals surface area contributed by atoms with E-state index >= 15 is 0 Å². The molecular formula is C13H29NO3. The molecule has 0 bridgehead atoms. The van der Waals surface area contributed by atoms with Gasteiger partial charge in [0.25, 0.3) is 0 Å². The third-order valence-corrected chi connectivity index (χ3v) is 3.48. The van der Waals surface area contributed by atoms with Crippen LogP contribution in [0.15, 0.2) is 0 Å². The number of nitrogens with two attached hydrogens (primary N) is 1. The Bertz CT molecular complexity index is 176. The van der Waals surface area contributed by atoms with Crippen LogP contribution in [-0.2, 0) is 14.2 Å². The first-order valence-electron chi connectivity index (χ1n) is 6.41. The van der Waals surface area contributed by atoms with Gasteiger partial charge in [0.15, 0.2) is 0 Å². The lowest BCUT2D eigenvalue weighted by Gasteiger charge is -2.32. The Balaban J connectivity index is 3.44. The Hall–Kier alpha value is -0.160. The standard InChI is InChI=1S/C13H29NO3/c1-12(2)13(3,11-14)5-6-16-9-10-17-8-7-15-4/h12H,5-11,14H2,1-4H3. The van der Waals surface area contributed by atoms with Crippen LogP contribution in [0.25, 0.3) is 0 Å². The highest BCUT2D eigenvalue weighted by atomic mass is 16.5. The van der Waals surface area contributed by atoms with E-state index in [2.05, 4.69) is 20.8 Å². The number of ether oxygens (including phenoxy) is 3. The van der Waals surface area contributed by atoms with Gasteiger partial charge in [0.2, 0.25) is 0 Å². The second-order valence-electron chi connectivity index (χ2n) is 4.98. The SMILES string of the molecule is COCCOCCOCCC(C)(CN)C(C)C. The zero-order valence-corrected chi connectivity index (χ0v) is 11.8. The molecule has 0 rings (SSSR count). The highest BCUT2D eigenvalue weighted by Crippen LogP contribution is 2.29. The molecular weight excluding hydrogens is 218 g/mol. The first kappa shape index (κ1) is 16.8. The molecule has 0 saturated carbocycles. The van der Waals surface area contributed by atoms with Crippen molar-refractivity contribution in [1.29, 1.82) is 0 Å². The number of rotatable bonds is 11. The molecule has 4 heteroatoms. The van der Waals surface area contributed by atoms with E-state index in [9.17, 15) is 0 Å². The van der Waals surface area contributed by atoms with Crippen molar-refractivity contribution in [2.75, 3.05) is 46.7 Å². The summed E-state index contributed by atoms with van der Waals surface area (Å²) in [5.41, 5.74) is 5.99. The third kappa shape index (κ3) is 7.71. The van der Waals surface area contributed by atoms with Crippen LogP contribution in [0.3, 0.4) is 0 Å². The maximum atomic E-state index is 5.81. The second kappa shape index (κ2) is 9.83. The Morgan fingerprint density at radius 2 is 1.53 bits per heavy atom. The Morgan fingerprint density at radius 1 is 1.00 bits per heavy atom. The topological polar surface area (TPSA) is 53.7 Å². The van der Waals surface area contributed by atoms with E-state index in [1.54, 1.807) is 7.11 Å². The summed E-state index contributed by atoms with van der Waals surface area (Å²) in [6.45, 7) is 10.6. The maximum Gasteiger partial charge on any atom is 0.0701 e. The van der Waals surface area contributed by atoms with E-state index in [-0.39, 0.29) is 5.41 Å². The molecule has 1 unspecified atom stereocenters. The van der Waals surface area contributed by atoms with Crippen molar-refractivity contribution < 1.29 is 14.2 Å². The van der Waals surface area contributed by atoms with Crippen LogP contribution in [0.5, 0.6) is 0 Å². The van der Waals surface area contributed by atoms with Gasteiger partial charge in [0.05, 0.1) is 26.4 Å². The molecule has 0 aliphatic carbocycles. The van der Waals surface area contributed by atoms with Crippen LogP contribution in [-0.4, -0.2) is 46.7 Å². The van der Waals surface area contributed by atoms with Crippen molar-refractivity contribution in [3.05, 3.63) is 0 Å². The van der Waals surface area contributed by atoms with Crippen LogP contribution in [0, 0.1) is 11.3 Å². The minimum Gasteiger partial charge on any atom is -0.382 e. The first-order chi connectivity index (χ1) is 8.06. The maximum absolute atomic E-state index is 5.81. The van der Waals surface area contributed by atoms with Crippen LogP contribution in [0.4, 0.5) is 0 Å². The van der Waals surface area contributed by atoms with Gasteiger partial charge in [0.1, 0.15) is 0 Å². The van der Waals surface area contributed by atoms with Gasteiger partial charge in [-0.15, -0.1) is 0 Å². The first-order valence-corrected chi connectivity index (χ1v) is 6.41. The molecule has 0 fully saturated rings. The Morgan fingerprint density at radius 3 is 2.00 bits per heavy atom. The fourth-order valence-corrected chi connectivity index (χ4v) is 1.40. The van der Waals surface area contributed by atoms with Gasteiger partial charge in [-0.3, -0.25) is 0 Å². The van der Waals surface area contributed by atoms with Crippen molar-refractivity contribution in [3.63, 3.8) is 0 Å². The molecule has 1 atom stereocenters. The molecule has 0 aliphatic rings. The van der Waals surface area contributed by atoms with Crippen molar-refractivity contribution in [2.45, 2.75) is 27.2 Å². The monoisotopic (exact) mass is 247 g/mol. The molecule has 0 aromatic rings. The second-order valence-corrected chi connectivity index (χ2v) is 4.98. The quantitative estimate of drug-likeness (QED) is 0.564. The summed E-state index contributed by atoms with van der Waals surface area (Å²) in [6.07, 6.45) is 0.999. The van der Waals surface area contributed by atoms with E-state index < -0.39 is 0 Å². The Kier molecular flexibility index (Phi) is 9.74. The summed E-state index contributed by atoms with van der Waals surface area (Å²) in [5.74, 6) is 0.578. The van der Waals surface area contributed by atoms with E-state index in [1.165, 1.54) is 0 Å². The molecule has 2 N–H and O–H groups in total. The van der Waals surface area contributed by atoms with Crippen LogP contribution in [0.1, 0.15) is 27.2 Å². The van der Waals surface area contributed by atoms with E-state index in [0.29, 0.717) is 38.9 Å². The van der Waals surface area contributed by atoms with Crippen molar-refractivity contribution >= 4 is 0 Å². The molecule has 4 nitrogen and oxygen atoms in total. The molecule has 0 aromatic carbocycles. The van der Waals surface area contributed by atoms with Gasteiger partial charge in [-0.25, -0.2) is 0 Å². The summed E-state index contributed by atoms with van der Waals surface area (Å²) < 4.78 is 15.7. The summed E-state index contributed by atoms with van der Waals surface area (Å²) in [6, 6.07) is 0. The van der Waals surface area contributed by atoms with Crippen LogP contribution in [0.2, 0.25) is 0 Å². The fraction of sp³-hybridized carbons (Fsp3) is 1.00. The molecule has 104 valence electrons. The number of methoxy groups -OCH3 is 1. The predicted octanol–water partition coefficient (Wildman–Crippen LogP) is 1.68. The van der Waals surface area contributed by atoms with E-state index in [0.717, 1.165) is 13.0 Å². The normalized spacial score (nSPS) is 15.2. The van der Waals surface area contributed by atoms with Crippen LogP contribution >= 0.6 is 0 Å². The summed E-state index contributed by atoms with van der Waals surface area (Å²) in [7, 11) is 1.67. The summed E-state index contributed by atoms with van der Waals surface area (Å²) >= 11 is 0. The van der Waals surface area contributed by atoms with Gasteiger partial charge >= 0.3 is 0 Å². The van der Waals surface area contributed by atoms with Crippen molar-refractivity contribution in [3.8, 4) is 0 Å². The molecule has 0 amide bonds. The smallest absolute Gasteiger partial charge is 0.0701 e. The molecule has 0 aromatic heterocycles. The van der Waals surface area contributed by atoms with Gasteiger partial charge in [-0.05, 0) is 24.3 Å². The van der Waals surface area contributed by atoms with Crippen molar-refractivity contribution in [1.82, 2.24) is 0 Å². The Labute approximate surface area is 106 Å². The molecule has 0 spiro atoms. The lowest BCUT2D eigenvalue weighted by molar-refractivity contribution is 0.0146. The lowest BCUT2D eigenvalue weighted by atomic mass is 9.77. The number of hydrogen-bond donors (Lipinski definition) is 1. The van der Waals surface area contributed by atoms with Gasteiger partial charge < -0.3 is 19.9 Å². The summed E-state index contributed by atoms with van der Waals surface area (Å²) in [4.78, 5) is 0. The van der Waals surface area contributed by atoms with Gasteiger partial charge in [0, 0.05) is 13.7 Å². The molecule has 17 heavy (non-hydrogen) atoms. The third-order valence-electron chi connectivity index (χ3n) is 3.48. The fourth-order valence-electron chi connectivity index (χ4n) is 1.40. The molecule has 0 saturated heterocycles. The van der Waals surface area contributed by atoms with Gasteiger partial charge in [-0.2, -0.15) is 0 Å². The largest absolute Gasteiger partial charge is 0.382 e. The zero-order chi connectivity index (χ0) is 13.1. The van der Waals surface area contributed by atoms with Crippen molar-refractivity contribution in [2.24, 2.45) is 17.1 Å². The predicted molar refractivity (Wildman–Crippen MR) is 70.1 cm³/mol. The highest BCUT2D eigenvalue weighted by Gasteiger charge is 2.26. The average Bonchev–Trinajstić information content (AvgIpc) is 2.32. The number of hydrogen-bond acceptors (Lipinski definition) is 4. The lowest BCUT2D eigenvalue weighted by Crippen LogP contribution is -2.33. The minimum absolute atomic E-state index is 0.177. The van der Waals surface area contributed by atoms with E-state index in [1.807, 2.05) is 0 Å². The molecule has 0 heterocycles. The zero-order valence-electron chi connectivity index (χ0n) is 11.8. The summed E-state index contributed by atoms with van der Waals surface area (Å²) in [5, 5.41) is 0. The average molecular weight is 247 g/mol. The van der Waals surface area contributed by atoms with Gasteiger partial charge in [-0.1, -0.05) is 20.8 Å². The molecule has 0 aliphatic heterocycles. The van der Waals surface area contributed by atoms with E-state index in [4.69, 9.17) is 19.9 Å². The van der Waals surface area contributed by atoms with Crippen LogP contribution < -0.4 is 5.73 Å².